The normalized spacial score (nSPS) is 15.7. The molecule has 156 valence electrons. The van der Waals surface area contributed by atoms with Crippen LogP contribution in [0.25, 0.3) is 11.5 Å². The molecule has 1 aliphatic heterocycles. The topological polar surface area (TPSA) is 67.6 Å². The van der Waals surface area contributed by atoms with E-state index in [0.29, 0.717) is 47.5 Å². The van der Waals surface area contributed by atoms with Crippen LogP contribution in [0.2, 0.25) is 5.02 Å². The summed E-state index contributed by atoms with van der Waals surface area (Å²) >= 11 is 6.47. The highest BCUT2D eigenvalue weighted by Gasteiger charge is 2.25. The van der Waals surface area contributed by atoms with Crippen molar-refractivity contribution in [3.63, 3.8) is 0 Å². The van der Waals surface area contributed by atoms with E-state index in [1.165, 1.54) is 0 Å². The first-order valence-electron chi connectivity index (χ1n) is 9.99. The van der Waals surface area contributed by atoms with Gasteiger partial charge in [0, 0.05) is 24.7 Å². The molecule has 1 fully saturated rings. The number of benzene rings is 1. The molecule has 0 aliphatic carbocycles. The van der Waals surface area contributed by atoms with Gasteiger partial charge in [0.1, 0.15) is 5.69 Å². The zero-order valence-electron chi connectivity index (χ0n) is 16.8. The lowest BCUT2D eigenvalue weighted by atomic mass is 10.0. The molecule has 1 aromatic carbocycles. The molecular formula is C23H24ClN3O3. The molecule has 3 aromatic rings. The molecule has 0 radical (unpaired) electrons. The summed E-state index contributed by atoms with van der Waals surface area (Å²) in [6.07, 6.45) is 1.60. The molecule has 0 spiro atoms. The van der Waals surface area contributed by atoms with Crippen LogP contribution in [0.15, 0.2) is 59.2 Å². The molecule has 1 amide bonds. The number of nitrogens with zero attached hydrogens (tertiary/aromatic N) is 2. The molecule has 1 aliphatic rings. The van der Waals surface area contributed by atoms with E-state index < -0.39 is 0 Å². The zero-order chi connectivity index (χ0) is 20.9. The molecular weight excluding hydrogens is 402 g/mol. The van der Waals surface area contributed by atoms with Crippen LogP contribution in [0.5, 0.6) is 0 Å². The Balaban J connectivity index is 1.50. The second kappa shape index (κ2) is 9.43. The lowest BCUT2D eigenvalue weighted by Crippen LogP contribution is -2.44. The fraction of sp³-hybridized carbons (Fsp3) is 0.304. The number of pyridine rings is 1. The smallest absolute Gasteiger partial charge is 0.253 e. The summed E-state index contributed by atoms with van der Waals surface area (Å²) in [5, 5.41) is 3.77. The first-order chi connectivity index (χ1) is 14.6. The minimum absolute atomic E-state index is 0.0257. The number of carbonyl (C=O) groups excluding carboxylic acids is 1. The van der Waals surface area contributed by atoms with Gasteiger partial charge >= 0.3 is 0 Å². The van der Waals surface area contributed by atoms with Crippen molar-refractivity contribution in [2.75, 3.05) is 32.8 Å². The zero-order valence-corrected chi connectivity index (χ0v) is 17.6. The Morgan fingerprint density at radius 1 is 1.17 bits per heavy atom. The first-order valence-corrected chi connectivity index (χ1v) is 10.4. The third kappa shape index (κ3) is 4.56. The van der Waals surface area contributed by atoms with Gasteiger partial charge in [-0.1, -0.05) is 29.8 Å². The molecule has 2 aromatic heterocycles. The highest BCUT2D eigenvalue weighted by atomic mass is 35.5. The summed E-state index contributed by atoms with van der Waals surface area (Å²) in [5.74, 6) is 0.521. The van der Waals surface area contributed by atoms with Gasteiger partial charge in [0.2, 0.25) is 0 Å². The molecule has 1 atom stereocenters. The highest BCUT2D eigenvalue weighted by Crippen LogP contribution is 2.28. The van der Waals surface area contributed by atoms with Crippen LogP contribution < -0.4 is 5.32 Å². The third-order valence-corrected chi connectivity index (χ3v) is 5.65. The largest absolute Gasteiger partial charge is 0.463 e. The van der Waals surface area contributed by atoms with E-state index in [0.717, 1.165) is 18.7 Å². The van der Waals surface area contributed by atoms with Gasteiger partial charge in [0.05, 0.1) is 36.8 Å². The summed E-state index contributed by atoms with van der Waals surface area (Å²) in [7, 11) is 0. The fourth-order valence-corrected chi connectivity index (χ4v) is 3.98. The highest BCUT2D eigenvalue weighted by molar-refractivity contribution is 6.31. The van der Waals surface area contributed by atoms with Crippen molar-refractivity contribution >= 4 is 17.5 Å². The number of aryl methyl sites for hydroxylation is 1. The van der Waals surface area contributed by atoms with Crippen LogP contribution in [-0.2, 0) is 4.74 Å². The SMILES string of the molecule is Cc1nc(-c2ccco2)ccc1C(=O)NCC(c1ccccc1Cl)N1CCOCC1. The molecule has 6 nitrogen and oxygen atoms in total. The first kappa shape index (κ1) is 20.6. The van der Waals surface area contributed by atoms with E-state index in [2.05, 4.69) is 15.2 Å². The van der Waals surface area contributed by atoms with Crippen LogP contribution in [0, 0.1) is 6.92 Å². The lowest BCUT2D eigenvalue weighted by molar-refractivity contribution is 0.0162. The molecule has 0 bridgehead atoms. The van der Waals surface area contributed by atoms with Crippen LogP contribution in [0.1, 0.15) is 27.7 Å². The molecule has 1 saturated heterocycles. The van der Waals surface area contributed by atoms with E-state index in [1.54, 1.807) is 18.4 Å². The van der Waals surface area contributed by atoms with Crippen LogP contribution in [-0.4, -0.2) is 48.6 Å². The van der Waals surface area contributed by atoms with E-state index in [-0.39, 0.29) is 11.9 Å². The number of ether oxygens (including phenoxy) is 1. The number of rotatable bonds is 6. The molecule has 0 saturated carbocycles. The summed E-state index contributed by atoms with van der Waals surface area (Å²) < 4.78 is 10.9. The van der Waals surface area contributed by atoms with Gasteiger partial charge in [0.25, 0.3) is 5.91 Å². The average Bonchev–Trinajstić information content (AvgIpc) is 3.30. The maximum Gasteiger partial charge on any atom is 0.253 e. The summed E-state index contributed by atoms with van der Waals surface area (Å²) in [4.78, 5) is 19.7. The summed E-state index contributed by atoms with van der Waals surface area (Å²) in [6, 6.07) is 15.0. The number of morpholine rings is 1. The van der Waals surface area contributed by atoms with Crippen molar-refractivity contribution in [1.82, 2.24) is 15.2 Å². The molecule has 3 heterocycles. The quantitative estimate of drug-likeness (QED) is 0.643. The summed E-state index contributed by atoms with van der Waals surface area (Å²) in [5.41, 5.74) is 2.91. The number of nitrogens with one attached hydrogen (secondary N) is 1. The van der Waals surface area contributed by atoms with E-state index >= 15 is 0 Å². The summed E-state index contributed by atoms with van der Waals surface area (Å²) in [6.45, 7) is 5.21. The van der Waals surface area contributed by atoms with E-state index in [9.17, 15) is 4.79 Å². The third-order valence-electron chi connectivity index (χ3n) is 5.31. The van der Waals surface area contributed by atoms with Gasteiger partial charge in [-0.05, 0) is 42.8 Å². The molecule has 30 heavy (non-hydrogen) atoms. The second-order valence-corrected chi connectivity index (χ2v) is 7.61. The lowest BCUT2D eigenvalue weighted by Gasteiger charge is -2.35. The number of carbonyl (C=O) groups is 1. The van der Waals surface area contributed by atoms with Gasteiger partial charge < -0.3 is 14.5 Å². The maximum absolute atomic E-state index is 12.9. The van der Waals surface area contributed by atoms with Crippen molar-refractivity contribution in [3.8, 4) is 11.5 Å². The Labute approximate surface area is 180 Å². The fourth-order valence-electron chi connectivity index (χ4n) is 3.72. The number of halogens is 1. The monoisotopic (exact) mass is 425 g/mol. The van der Waals surface area contributed by atoms with Crippen LogP contribution in [0.4, 0.5) is 0 Å². The predicted octanol–water partition coefficient (Wildman–Crippen LogP) is 4.11. The maximum atomic E-state index is 12.9. The average molecular weight is 426 g/mol. The Hall–Kier alpha value is -2.67. The standard InChI is InChI=1S/C23H24ClN3O3/c1-16-17(8-9-20(26-16)22-7-4-12-30-22)23(28)25-15-21(27-10-13-29-14-11-27)18-5-2-3-6-19(18)24/h2-9,12,21H,10-11,13-15H2,1H3,(H,25,28). The van der Waals surface area contributed by atoms with Crippen molar-refractivity contribution < 1.29 is 13.9 Å². The molecule has 1 unspecified atom stereocenters. The second-order valence-electron chi connectivity index (χ2n) is 7.20. The van der Waals surface area contributed by atoms with Crippen molar-refractivity contribution in [3.05, 3.63) is 76.6 Å². The number of aromatic nitrogens is 1. The van der Waals surface area contributed by atoms with Crippen molar-refractivity contribution in [1.29, 1.82) is 0 Å². The van der Waals surface area contributed by atoms with Gasteiger partial charge in [-0.3, -0.25) is 9.69 Å². The van der Waals surface area contributed by atoms with E-state index in [1.807, 2.05) is 43.3 Å². The van der Waals surface area contributed by atoms with Gasteiger partial charge in [-0.25, -0.2) is 4.98 Å². The van der Waals surface area contributed by atoms with Gasteiger partial charge in [-0.2, -0.15) is 0 Å². The number of hydrogen-bond acceptors (Lipinski definition) is 5. The minimum atomic E-state index is -0.156. The van der Waals surface area contributed by atoms with E-state index in [4.69, 9.17) is 20.8 Å². The minimum Gasteiger partial charge on any atom is -0.463 e. The van der Waals surface area contributed by atoms with Crippen LogP contribution in [0.3, 0.4) is 0 Å². The number of furan rings is 1. The number of amides is 1. The Kier molecular flexibility index (Phi) is 6.47. The Bertz CT molecular complexity index is 1000. The van der Waals surface area contributed by atoms with Gasteiger partial charge in [0.15, 0.2) is 5.76 Å². The molecule has 7 heteroatoms. The van der Waals surface area contributed by atoms with Gasteiger partial charge in [-0.15, -0.1) is 0 Å². The van der Waals surface area contributed by atoms with Crippen LogP contribution >= 0.6 is 11.6 Å². The van der Waals surface area contributed by atoms with Crippen molar-refractivity contribution in [2.45, 2.75) is 13.0 Å². The molecule has 1 N–H and O–H groups in total. The molecule has 4 rings (SSSR count). The number of hydrogen-bond donors (Lipinski definition) is 1. The Morgan fingerprint density at radius 3 is 2.67 bits per heavy atom. The Morgan fingerprint density at radius 2 is 1.97 bits per heavy atom. The predicted molar refractivity (Wildman–Crippen MR) is 116 cm³/mol. The van der Waals surface area contributed by atoms with Crippen molar-refractivity contribution in [2.24, 2.45) is 0 Å².